The van der Waals surface area contributed by atoms with Crippen molar-refractivity contribution in [3.63, 3.8) is 0 Å². The normalized spacial score (nSPS) is 33.0. The average Bonchev–Trinajstić information content (AvgIpc) is 2.22. The molecule has 96 valence electrons. The summed E-state index contributed by atoms with van der Waals surface area (Å²) < 4.78 is 0. The summed E-state index contributed by atoms with van der Waals surface area (Å²) in [5.41, 5.74) is 0. The van der Waals surface area contributed by atoms with Crippen molar-refractivity contribution in [3.8, 4) is 0 Å². The van der Waals surface area contributed by atoms with Crippen LogP contribution in [-0.2, 0) is 0 Å². The van der Waals surface area contributed by atoms with Crippen LogP contribution in [0.25, 0.3) is 0 Å². The maximum absolute atomic E-state index is 2.52. The van der Waals surface area contributed by atoms with Crippen molar-refractivity contribution in [1.29, 1.82) is 0 Å². The number of nitrogens with zero attached hydrogens (tertiary/aromatic N) is 2. The largest absolute Gasteiger partial charge is 0.306 e. The Hall–Kier alpha value is -0.0800. The van der Waals surface area contributed by atoms with Crippen molar-refractivity contribution in [1.82, 2.24) is 9.80 Å². The summed E-state index contributed by atoms with van der Waals surface area (Å²) in [6.45, 7) is 9.90. The molecular formula is C14H30N2. The standard InChI is InChI=1S/C14H30N2/c1-13-7-10-15(3)9-5-6-14(2)12-16(4)11-8-13/h13-14H,5-12H2,1-4H3. The zero-order valence-corrected chi connectivity index (χ0v) is 11.7. The predicted molar refractivity (Wildman–Crippen MR) is 71.8 cm³/mol. The van der Waals surface area contributed by atoms with Gasteiger partial charge in [0.2, 0.25) is 0 Å². The molecule has 1 aliphatic rings. The van der Waals surface area contributed by atoms with Crippen LogP contribution in [0.15, 0.2) is 0 Å². The number of hydrogen-bond donors (Lipinski definition) is 0. The first-order valence-corrected chi connectivity index (χ1v) is 6.95. The average molecular weight is 226 g/mol. The zero-order chi connectivity index (χ0) is 12.0. The SMILES string of the molecule is CC1CCN(C)CCCC(C)CN(C)CC1. The van der Waals surface area contributed by atoms with Gasteiger partial charge in [0.05, 0.1) is 0 Å². The van der Waals surface area contributed by atoms with E-state index >= 15 is 0 Å². The Balaban J connectivity index is 2.40. The van der Waals surface area contributed by atoms with Gasteiger partial charge in [-0.2, -0.15) is 0 Å². The summed E-state index contributed by atoms with van der Waals surface area (Å²) >= 11 is 0. The lowest BCUT2D eigenvalue weighted by atomic mass is 10.0. The summed E-state index contributed by atoms with van der Waals surface area (Å²) in [6, 6.07) is 0. The van der Waals surface area contributed by atoms with Crippen molar-refractivity contribution in [2.24, 2.45) is 11.8 Å². The van der Waals surface area contributed by atoms with Crippen LogP contribution >= 0.6 is 0 Å². The van der Waals surface area contributed by atoms with E-state index in [0.29, 0.717) is 0 Å². The van der Waals surface area contributed by atoms with Crippen molar-refractivity contribution in [2.75, 3.05) is 40.3 Å². The molecule has 1 aliphatic heterocycles. The second-order valence-electron chi connectivity index (χ2n) is 6.00. The van der Waals surface area contributed by atoms with Crippen molar-refractivity contribution < 1.29 is 0 Å². The molecular weight excluding hydrogens is 196 g/mol. The van der Waals surface area contributed by atoms with E-state index in [0.717, 1.165) is 11.8 Å². The Bertz CT molecular complexity index is 182. The van der Waals surface area contributed by atoms with Gasteiger partial charge in [0, 0.05) is 6.54 Å². The molecule has 2 unspecified atom stereocenters. The molecule has 2 heteroatoms. The van der Waals surface area contributed by atoms with Crippen molar-refractivity contribution >= 4 is 0 Å². The van der Waals surface area contributed by atoms with Gasteiger partial charge in [-0.3, -0.25) is 0 Å². The first-order valence-electron chi connectivity index (χ1n) is 6.95. The van der Waals surface area contributed by atoms with Crippen molar-refractivity contribution in [2.45, 2.75) is 39.5 Å². The van der Waals surface area contributed by atoms with Crippen LogP contribution in [0.4, 0.5) is 0 Å². The fraction of sp³-hybridized carbons (Fsp3) is 1.00. The first-order chi connectivity index (χ1) is 7.58. The van der Waals surface area contributed by atoms with Crippen LogP contribution in [0.2, 0.25) is 0 Å². The highest BCUT2D eigenvalue weighted by Gasteiger charge is 2.11. The quantitative estimate of drug-likeness (QED) is 0.626. The molecule has 0 bridgehead atoms. The molecule has 0 spiro atoms. The maximum Gasteiger partial charge on any atom is 0.000398 e. The number of hydrogen-bond acceptors (Lipinski definition) is 2. The van der Waals surface area contributed by atoms with Crippen LogP contribution in [0.5, 0.6) is 0 Å². The second-order valence-corrected chi connectivity index (χ2v) is 6.00. The highest BCUT2D eigenvalue weighted by molar-refractivity contribution is 4.66. The molecule has 0 aromatic rings. The Morgan fingerprint density at radius 3 is 2.06 bits per heavy atom. The van der Waals surface area contributed by atoms with E-state index in [4.69, 9.17) is 0 Å². The molecule has 1 saturated heterocycles. The number of rotatable bonds is 0. The lowest BCUT2D eigenvalue weighted by Crippen LogP contribution is -2.29. The molecule has 0 aromatic heterocycles. The molecule has 16 heavy (non-hydrogen) atoms. The topological polar surface area (TPSA) is 6.48 Å². The Morgan fingerprint density at radius 2 is 1.38 bits per heavy atom. The summed E-state index contributed by atoms with van der Waals surface area (Å²) in [7, 11) is 4.55. The summed E-state index contributed by atoms with van der Waals surface area (Å²) in [4.78, 5) is 5.03. The Labute approximate surface area is 102 Å². The minimum absolute atomic E-state index is 0.855. The summed E-state index contributed by atoms with van der Waals surface area (Å²) in [5, 5.41) is 0. The van der Waals surface area contributed by atoms with E-state index in [9.17, 15) is 0 Å². The minimum Gasteiger partial charge on any atom is -0.306 e. The van der Waals surface area contributed by atoms with Crippen LogP contribution < -0.4 is 0 Å². The van der Waals surface area contributed by atoms with E-state index in [1.807, 2.05) is 0 Å². The zero-order valence-electron chi connectivity index (χ0n) is 11.7. The van der Waals surface area contributed by atoms with Gasteiger partial charge < -0.3 is 9.80 Å². The molecule has 0 radical (unpaired) electrons. The third kappa shape index (κ3) is 5.86. The van der Waals surface area contributed by atoms with Crippen molar-refractivity contribution in [3.05, 3.63) is 0 Å². The molecule has 0 aliphatic carbocycles. The highest BCUT2D eigenvalue weighted by atomic mass is 15.1. The van der Waals surface area contributed by atoms with E-state index in [1.54, 1.807) is 0 Å². The molecule has 1 fully saturated rings. The molecule has 2 nitrogen and oxygen atoms in total. The van der Waals surface area contributed by atoms with Gasteiger partial charge in [-0.1, -0.05) is 13.8 Å². The fourth-order valence-corrected chi connectivity index (χ4v) is 2.56. The fourth-order valence-electron chi connectivity index (χ4n) is 2.56. The molecule has 0 amide bonds. The summed E-state index contributed by atoms with van der Waals surface area (Å²) in [5.74, 6) is 1.73. The highest BCUT2D eigenvalue weighted by Crippen LogP contribution is 2.13. The smallest absolute Gasteiger partial charge is 0.000398 e. The molecule has 1 heterocycles. The third-order valence-corrected chi connectivity index (χ3v) is 3.87. The van der Waals surface area contributed by atoms with E-state index in [-0.39, 0.29) is 0 Å². The van der Waals surface area contributed by atoms with E-state index in [2.05, 4.69) is 37.7 Å². The molecule has 0 saturated carbocycles. The Morgan fingerprint density at radius 1 is 0.750 bits per heavy atom. The van der Waals surface area contributed by atoms with E-state index in [1.165, 1.54) is 51.9 Å². The predicted octanol–water partition coefficient (Wildman–Crippen LogP) is 2.70. The van der Waals surface area contributed by atoms with Crippen LogP contribution in [-0.4, -0.2) is 50.1 Å². The van der Waals surface area contributed by atoms with Gasteiger partial charge in [-0.25, -0.2) is 0 Å². The van der Waals surface area contributed by atoms with E-state index < -0.39 is 0 Å². The van der Waals surface area contributed by atoms with Gasteiger partial charge in [-0.15, -0.1) is 0 Å². The van der Waals surface area contributed by atoms with Gasteiger partial charge in [0.25, 0.3) is 0 Å². The van der Waals surface area contributed by atoms with Gasteiger partial charge >= 0.3 is 0 Å². The lowest BCUT2D eigenvalue weighted by molar-refractivity contribution is 0.224. The van der Waals surface area contributed by atoms with Gasteiger partial charge in [-0.05, 0) is 71.2 Å². The van der Waals surface area contributed by atoms with Crippen LogP contribution in [0.3, 0.4) is 0 Å². The third-order valence-electron chi connectivity index (χ3n) is 3.87. The first kappa shape index (κ1) is 14.0. The second kappa shape index (κ2) is 7.29. The monoisotopic (exact) mass is 226 g/mol. The van der Waals surface area contributed by atoms with Gasteiger partial charge in [0.1, 0.15) is 0 Å². The molecule has 0 N–H and O–H groups in total. The molecule has 2 atom stereocenters. The van der Waals surface area contributed by atoms with Crippen LogP contribution in [0, 0.1) is 11.8 Å². The molecule has 0 aromatic carbocycles. The van der Waals surface area contributed by atoms with Gasteiger partial charge in [0.15, 0.2) is 0 Å². The minimum atomic E-state index is 0.855. The summed E-state index contributed by atoms with van der Waals surface area (Å²) in [6.07, 6.45) is 5.46. The Kier molecular flexibility index (Phi) is 6.37. The lowest BCUT2D eigenvalue weighted by Gasteiger charge is -2.26. The maximum atomic E-state index is 2.52. The van der Waals surface area contributed by atoms with Crippen LogP contribution in [0.1, 0.15) is 39.5 Å². The molecule has 1 rings (SSSR count).